The third-order valence-electron chi connectivity index (χ3n) is 1.82. The largest absolute Gasteiger partial charge is 0.465 e. The molecule has 2 heteroatoms. The van der Waals surface area contributed by atoms with Gasteiger partial charge < -0.3 is 9.47 Å². The van der Waals surface area contributed by atoms with Gasteiger partial charge in [0.2, 0.25) is 0 Å². The van der Waals surface area contributed by atoms with Gasteiger partial charge in [-0.25, -0.2) is 0 Å². The Kier molecular flexibility index (Phi) is 5.08. The highest BCUT2D eigenvalue weighted by Crippen LogP contribution is 2.10. The standard InChI is InChI=1S/C12H17O2/c1-3-4-10-13-11(2)14-12-8-6-5-7-9-12/h5-8,11H,3-4,10H2,1-2H3. The van der Waals surface area contributed by atoms with Crippen LogP contribution in [0.1, 0.15) is 26.7 Å². The molecule has 2 nitrogen and oxygen atoms in total. The first-order valence-electron chi connectivity index (χ1n) is 5.08. The second-order valence-corrected chi connectivity index (χ2v) is 3.14. The zero-order chi connectivity index (χ0) is 10.2. The molecule has 0 N–H and O–H groups in total. The monoisotopic (exact) mass is 193 g/mol. The Labute approximate surface area is 85.8 Å². The summed E-state index contributed by atoms with van der Waals surface area (Å²) in [5, 5.41) is 0. The lowest BCUT2D eigenvalue weighted by molar-refractivity contribution is -0.0675. The zero-order valence-electron chi connectivity index (χ0n) is 8.82. The van der Waals surface area contributed by atoms with E-state index in [1.165, 1.54) is 0 Å². The van der Waals surface area contributed by atoms with E-state index in [1.807, 2.05) is 31.2 Å². The highest BCUT2D eigenvalue weighted by molar-refractivity contribution is 5.19. The fourth-order valence-electron chi connectivity index (χ4n) is 1.06. The van der Waals surface area contributed by atoms with Crippen molar-refractivity contribution in [3.05, 3.63) is 30.3 Å². The van der Waals surface area contributed by atoms with Crippen molar-refractivity contribution in [3.63, 3.8) is 0 Å². The Morgan fingerprint density at radius 2 is 2.29 bits per heavy atom. The highest BCUT2D eigenvalue weighted by atomic mass is 16.7. The van der Waals surface area contributed by atoms with E-state index in [4.69, 9.17) is 9.47 Å². The molecule has 0 heterocycles. The van der Waals surface area contributed by atoms with Gasteiger partial charge in [-0.3, -0.25) is 0 Å². The Hall–Kier alpha value is -1.02. The quantitative estimate of drug-likeness (QED) is 0.510. The van der Waals surface area contributed by atoms with Crippen LogP contribution >= 0.6 is 0 Å². The summed E-state index contributed by atoms with van der Waals surface area (Å²) in [4.78, 5) is 0. The van der Waals surface area contributed by atoms with Crippen LogP contribution in [0.5, 0.6) is 5.75 Å². The Morgan fingerprint density at radius 3 is 2.93 bits per heavy atom. The van der Waals surface area contributed by atoms with Gasteiger partial charge in [0.05, 0.1) is 6.61 Å². The summed E-state index contributed by atoms with van der Waals surface area (Å²) in [5.74, 6) is 0.733. The van der Waals surface area contributed by atoms with Crippen molar-refractivity contribution in [2.24, 2.45) is 0 Å². The van der Waals surface area contributed by atoms with Crippen LogP contribution < -0.4 is 4.74 Å². The Bertz CT molecular complexity index is 233. The van der Waals surface area contributed by atoms with E-state index in [0.29, 0.717) is 0 Å². The number of hydrogen-bond acceptors (Lipinski definition) is 2. The van der Waals surface area contributed by atoms with Crippen molar-refractivity contribution in [1.29, 1.82) is 0 Å². The van der Waals surface area contributed by atoms with Gasteiger partial charge in [0.25, 0.3) is 0 Å². The van der Waals surface area contributed by atoms with Crippen molar-refractivity contribution in [3.8, 4) is 5.75 Å². The van der Waals surface area contributed by atoms with Crippen LogP contribution in [0, 0.1) is 6.07 Å². The molecule has 0 saturated heterocycles. The highest BCUT2D eigenvalue weighted by Gasteiger charge is 2.02. The van der Waals surface area contributed by atoms with Crippen molar-refractivity contribution in [2.45, 2.75) is 33.0 Å². The molecule has 0 amide bonds. The van der Waals surface area contributed by atoms with E-state index in [0.717, 1.165) is 25.2 Å². The van der Waals surface area contributed by atoms with Gasteiger partial charge in [-0.1, -0.05) is 31.5 Å². The summed E-state index contributed by atoms with van der Waals surface area (Å²) in [6, 6.07) is 10.5. The maximum Gasteiger partial charge on any atom is 0.197 e. The van der Waals surface area contributed by atoms with E-state index >= 15 is 0 Å². The van der Waals surface area contributed by atoms with Gasteiger partial charge in [-0.05, 0) is 19.4 Å². The Morgan fingerprint density at radius 1 is 1.43 bits per heavy atom. The molecule has 1 aromatic rings. The van der Waals surface area contributed by atoms with Crippen LogP contribution in [0.3, 0.4) is 0 Å². The Balaban J connectivity index is 2.23. The molecule has 1 atom stereocenters. The van der Waals surface area contributed by atoms with Gasteiger partial charge >= 0.3 is 0 Å². The topological polar surface area (TPSA) is 18.5 Å². The minimum Gasteiger partial charge on any atom is -0.465 e. The number of rotatable bonds is 6. The third kappa shape index (κ3) is 4.28. The van der Waals surface area contributed by atoms with Gasteiger partial charge in [0.15, 0.2) is 6.29 Å². The van der Waals surface area contributed by atoms with Crippen molar-refractivity contribution >= 4 is 0 Å². The maximum atomic E-state index is 5.48. The lowest BCUT2D eigenvalue weighted by atomic mass is 10.3. The van der Waals surface area contributed by atoms with Gasteiger partial charge in [0.1, 0.15) is 5.75 Å². The smallest absolute Gasteiger partial charge is 0.197 e. The van der Waals surface area contributed by atoms with Crippen molar-refractivity contribution in [2.75, 3.05) is 6.61 Å². The predicted molar refractivity (Wildman–Crippen MR) is 56.2 cm³/mol. The first-order chi connectivity index (χ1) is 6.83. The zero-order valence-corrected chi connectivity index (χ0v) is 8.82. The minimum atomic E-state index is -0.194. The van der Waals surface area contributed by atoms with Crippen LogP contribution in [0.15, 0.2) is 24.3 Å². The molecule has 0 spiro atoms. The van der Waals surface area contributed by atoms with Crippen LogP contribution in [0.4, 0.5) is 0 Å². The molecule has 14 heavy (non-hydrogen) atoms. The molecular formula is C12H17O2. The molecule has 0 aliphatic rings. The third-order valence-corrected chi connectivity index (χ3v) is 1.82. The number of ether oxygens (including phenoxy) is 2. The second-order valence-electron chi connectivity index (χ2n) is 3.14. The van der Waals surface area contributed by atoms with E-state index < -0.39 is 0 Å². The molecule has 1 aromatic carbocycles. The normalized spacial score (nSPS) is 12.4. The summed E-state index contributed by atoms with van der Waals surface area (Å²) in [5.41, 5.74) is 0. The van der Waals surface area contributed by atoms with E-state index in [9.17, 15) is 0 Å². The lowest BCUT2D eigenvalue weighted by Crippen LogP contribution is -2.16. The minimum absolute atomic E-state index is 0.194. The average Bonchev–Trinajstić information content (AvgIpc) is 2.20. The first kappa shape index (κ1) is 11.1. The molecule has 0 aliphatic carbocycles. The fraction of sp³-hybridized carbons (Fsp3) is 0.500. The number of para-hydroxylation sites is 1. The van der Waals surface area contributed by atoms with Gasteiger partial charge in [-0.2, -0.15) is 0 Å². The molecule has 0 aliphatic heterocycles. The van der Waals surface area contributed by atoms with Crippen LogP contribution in [-0.4, -0.2) is 12.9 Å². The van der Waals surface area contributed by atoms with Gasteiger partial charge in [-0.15, -0.1) is 0 Å². The van der Waals surface area contributed by atoms with E-state index in [-0.39, 0.29) is 6.29 Å². The lowest BCUT2D eigenvalue weighted by Gasteiger charge is -2.14. The SMILES string of the molecule is CCCCOC(C)Oc1[c]cccc1. The first-order valence-corrected chi connectivity index (χ1v) is 5.08. The molecule has 0 fully saturated rings. The predicted octanol–water partition coefficient (Wildman–Crippen LogP) is 3.03. The molecule has 0 saturated carbocycles. The van der Waals surface area contributed by atoms with Gasteiger partial charge in [0, 0.05) is 6.07 Å². The van der Waals surface area contributed by atoms with Crippen molar-refractivity contribution in [1.82, 2.24) is 0 Å². The second kappa shape index (κ2) is 6.44. The summed E-state index contributed by atoms with van der Waals surface area (Å²) in [6.45, 7) is 4.79. The number of unbranched alkanes of at least 4 members (excludes halogenated alkanes) is 1. The molecule has 1 rings (SSSR count). The molecule has 0 aromatic heterocycles. The van der Waals surface area contributed by atoms with Crippen LogP contribution in [0.25, 0.3) is 0 Å². The number of benzene rings is 1. The summed E-state index contributed by atoms with van der Waals surface area (Å²) in [6.07, 6.45) is 2.02. The average molecular weight is 193 g/mol. The van der Waals surface area contributed by atoms with E-state index in [1.54, 1.807) is 0 Å². The number of hydrogen-bond donors (Lipinski definition) is 0. The van der Waals surface area contributed by atoms with Crippen molar-refractivity contribution < 1.29 is 9.47 Å². The van der Waals surface area contributed by atoms with Crippen LogP contribution in [-0.2, 0) is 4.74 Å². The summed E-state index contributed by atoms with van der Waals surface area (Å²) >= 11 is 0. The molecule has 0 bridgehead atoms. The van der Waals surface area contributed by atoms with Crippen LogP contribution in [0.2, 0.25) is 0 Å². The molecule has 1 radical (unpaired) electrons. The summed E-state index contributed by atoms with van der Waals surface area (Å²) in [7, 11) is 0. The maximum absolute atomic E-state index is 5.48. The molecule has 77 valence electrons. The fourth-order valence-corrected chi connectivity index (χ4v) is 1.06. The van der Waals surface area contributed by atoms with E-state index in [2.05, 4.69) is 13.0 Å². The summed E-state index contributed by atoms with van der Waals surface area (Å²) < 4.78 is 10.9. The molecule has 1 unspecified atom stereocenters. The molecular weight excluding hydrogens is 176 g/mol.